The minimum Gasteiger partial charge on any atom is -0.371 e. The van der Waals surface area contributed by atoms with Crippen molar-refractivity contribution in [2.45, 2.75) is 44.3 Å². The molecule has 2 aromatic carbocycles. The third-order valence-corrected chi connectivity index (χ3v) is 6.51. The van der Waals surface area contributed by atoms with Crippen LogP contribution in [-0.2, 0) is 19.1 Å². The number of benzene rings is 2. The van der Waals surface area contributed by atoms with Crippen LogP contribution >= 0.6 is 11.6 Å². The lowest BCUT2D eigenvalue weighted by Gasteiger charge is -2.27. The molecule has 0 radical (unpaired) electrons. The average molecular weight is 503 g/mol. The van der Waals surface area contributed by atoms with Crippen LogP contribution in [0.4, 0.5) is 19.0 Å². The average Bonchev–Trinajstić information content (AvgIpc) is 2.81. The number of nitrogens with zero attached hydrogens (tertiary/aromatic N) is 3. The van der Waals surface area contributed by atoms with Crippen molar-refractivity contribution in [2.75, 3.05) is 18.9 Å². The van der Waals surface area contributed by atoms with Crippen LogP contribution in [0.3, 0.4) is 0 Å². The first-order valence-electron chi connectivity index (χ1n) is 11.5. The fourth-order valence-electron chi connectivity index (χ4n) is 4.13. The van der Waals surface area contributed by atoms with E-state index in [1.165, 1.54) is 37.1 Å². The van der Waals surface area contributed by atoms with Gasteiger partial charge in [0.15, 0.2) is 11.5 Å². The Morgan fingerprint density at radius 3 is 2.51 bits per heavy atom. The number of hydrogen-bond acceptors (Lipinski definition) is 4. The molecule has 0 atom stereocenters. The maximum Gasteiger partial charge on any atom is 0.416 e. The van der Waals surface area contributed by atoms with E-state index in [1.807, 2.05) is 12.1 Å². The number of amides is 1. The van der Waals surface area contributed by atoms with E-state index in [-0.39, 0.29) is 36.2 Å². The first-order valence-corrected chi connectivity index (χ1v) is 11.9. The lowest BCUT2D eigenvalue weighted by molar-refractivity contribution is -0.137. The summed E-state index contributed by atoms with van der Waals surface area (Å²) in [5, 5.41) is 2.93. The van der Waals surface area contributed by atoms with E-state index in [0.717, 1.165) is 17.7 Å². The molecule has 1 heterocycles. The largest absolute Gasteiger partial charge is 0.416 e. The molecule has 0 unspecified atom stereocenters. The van der Waals surface area contributed by atoms with E-state index in [0.29, 0.717) is 11.5 Å². The van der Waals surface area contributed by atoms with Crippen molar-refractivity contribution in [1.29, 1.82) is 0 Å². The summed E-state index contributed by atoms with van der Waals surface area (Å²) in [6.45, 7) is 0.474. The molecule has 5 nitrogen and oxygen atoms in total. The monoisotopic (exact) mass is 502 g/mol. The van der Waals surface area contributed by atoms with Gasteiger partial charge in [-0.05, 0) is 47.9 Å². The van der Waals surface area contributed by atoms with Crippen LogP contribution in [0.1, 0.15) is 57.9 Å². The fraction of sp³-hybridized carbons (Fsp3) is 0.346. The topological polar surface area (TPSA) is 58.1 Å². The van der Waals surface area contributed by atoms with Crippen LogP contribution in [0, 0.1) is 0 Å². The number of carbonyl (C=O) groups excluding carboxylic acids is 1. The zero-order valence-electron chi connectivity index (χ0n) is 19.3. The number of halogens is 4. The van der Waals surface area contributed by atoms with Crippen molar-refractivity contribution >= 4 is 23.3 Å². The molecule has 0 aliphatic heterocycles. The van der Waals surface area contributed by atoms with Gasteiger partial charge in [0.2, 0.25) is 0 Å². The molecular weight excluding hydrogens is 477 g/mol. The molecule has 1 N–H and O–H groups in total. The summed E-state index contributed by atoms with van der Waals surface area (Å²) in [4.78, 5) is 23.4. The molecule has 3 aromatic rings. The third-order valence-electron chi connectivity index (χ3n) is 6.32. The quantitative estimate of drug-likeness (QED) is 0.390. The van der Waals surface area contributed by atoms with Gasteiger partial charge in [-0.15, -0.1) is 0 Å². The molecule has 1 aromatic heterocycles. The molecular formula is C26H26ClF3N4O. The molecule has 1 amide bonds. The van der Waals surface area contributed by atoms with Crippen LogP contribution in [0.15, 0.2) is 54.7 Å². The number of anilines is 1. The first kappa shape index (κ1) is 25.0. The summed E-state index contributed by atoms with van der Waals surface area (Å²) in [7, 11) is 1.63. The molecule has 1 aliphatic carbocycles. The second-order valence-electron chi connectivity index (χ2n) is 8.68. The summed E-state index contributed by atoms with van der Waals surface area (Å²) in [5.74, 6) is 0.478. The minimum atomic E-state index is -4.42. The molecule has 1 saturated carbocycles. The zero-order chi connectivity index (χ0) is 25.0. The van der Waals surface area contributed by atoms with Crippen LogP contribution in [-0.4, -0.2) is 34.4 Å². The Kier molecular flexibility index (Phi) is 7.60. The molecule has 184 valence electrons. The van der Waals surface area contributed by atoms with Crippen LogP contribution in [0.25, 0.3) is 0 Å². The number of rotatable bonds is 8. The Labute approximate surface area is 207 Å². The Hall–Kier alpha value is -3.13. The molecule has 0 saturated heterocycles. The normalized spacial score (nSPS) is 13.9. The van der Waals surface area contributed by atoms with Crippen molar-refractivity contribution < 1.29 is 18.0 Å². The Morgan fingerprint density at radius 2 is 1.89 bits per heavy atom. The summed E-state index contributed by atoms with van der Waals surface area (Å²) in [5.41, 5.74) is 2.06. The lowest BCUT2D eigenvalue weighted by Crippen LogP contribution is -2.34. The van der Waals surface area contributed by atoms with Crippen LogP contribution < -0.4 is 5.32 Å². The molecule has 0 spiro atoms. The predicted octanol–water partition coefficient (Wildman–Crippen LogP) is 6.34. The number of alkyl halides is 3. The number of nitrogens with one attached hydrogen (secondary N) is 1. The van der Waals surface area contributed by atoms with E-state index in [1.54, 1.807) is 18.0 Å². The zero-order valence-corrected chi connectivity index (χ0v) is 20.0. The number of hydrogen-bond donors (Lipinski definition) is 1. The predicted molar refractivity (Wildman–Crippen MR) is 130 cm³/mol. The molecule has 4 rings (SSSR count). The van der Waals surface area contributed by atoms with Gasteiger partial charge in [-0.1, -0.05) is 60.5 Å². The van der Waals surface area contributed by atoms with Gasteiger partial charge < -0.3 is 10.2 Å². The lowest BCUT2D eigenvalue weighted by atomic mass is 9.80. The number of carbonyl (C=O) groups is 1. The first-order chi connectivity index (χ1) is 16.7. The van der Waals surface area contributed by atoms with Crippen molar-refractivity contribution in [3.05, 3.63) is 87.8 Å². The summed E-state index contributed by atoms with van der Waals surface area (Å²) >= 11 is 6.00. The van der Waals surface area contributed by atoms with Gasteiger partial charge in [0.05, 0.1) is 11.8 Å². The van der Waals surface area contributed by atoms with E-state index in [9.17, 15) is 18.0 Å². The Bertz CT molecular complexity index is 1180. The maximum absolute atomic E-state index is 13.5. The van der Waals surface area contributed by atoms with E-state index in [4.69, 9.17) is 11.6 Å². The highest BCUT2D eigenvalue weighted by molar-refractivity contribution is 6.29. The fourth-order valence-corrected chi connectivity index (χ4v) is 4.26. The standard InChI is InChI=1S/C26H26ClF3N4O/c1-31-24-23(33-22(27)15-32-24)25(35)34(13-12-17-4-2-7-21(14-17)26(28,29)30)16-18-8-10-20(11-9-18)19-5-3-6-19/h2,4,7-11,14-15,19H,3,5-6,12-13,16H2,1H3,(H,31,32). The second kappa shape index (κ2) is 10.6. The molecule has 0 bridgehead atoms. The third kappa shape index (κ3) is 6.11. The van der Waals surface area contributed by atoms with Crippen molar-refractivity contribution in [2.24, 2.45) is 0 Å². The number of aromatic nitrogens is 2. The minimum absolute atomic E-state index is 0.0649. The van der Waals surface area contributed by atoms with Gasteiger partial charge in [-0.2, -0.15) is 13.2 Å². The van der Waals surface area contributed by atoms with Gasteiger partial charge >= 0.3 is 6.18 Å². The summed E-state index contributed by atoms with van der Waals surface area (Å²) < 4.78 is 39.4. The molecule has 35 heavy (non-hydrogen) atoms. The highest BCUT2D eigenvalue weighted by atomic mass is 35.5. The van der Waals surface area contributed by atoms with Crippen molar-refractivity contribution in [3.63, 3.8) is 0 Å². The van der Waals surface area contributed by atoms with Gasteiger partial charge in [-0.25, -0.2) is 9.97 Å². The van der Waals surface area contributed by atoms with Crippen LogP contribution in [0.5, 0.6) is 0 Å². The van der Waals surface area contributed by atoms with E-state index >= 15 is 0 Å². The summed E-state index contributed by atoms with van der Waals surface area (Å²) in [6.07, 6.45) is 0.807. The molecule has 1 aliphatic rings. The van der Waals surface area contributed by atoms with E-state index in [2.05, 4.69) is 27.4 Å². The summed E-state index contributed by atoms with van der Waals surface area (Å²) in [6, 6.07) is 13.3. The SMILES string of the molecule is CNc1ncc(Cl)nc1C(=O)N(CCc1cccc(C(F)(F)F)c1)Cc1ccc(C2CCC2)cc1. The van der Waals surface area contributed by atoms with Crippen LogP contribution in [0.2, 0.25) is 5.15 Å². The van der Waals surface area contributed by atoms with Gasteiger partial charge in [0, 0.05) is 20.1 Å². The Morgan fingerprint density at radius 1 is 1.14 bits per heavy atom. The molecule has 1 fully saturated rings. The Balaban J connectivity index is 1.57. The highest BCUT2D eigenvalue weighted by Gasteiger charge is 2.30. The maximum atomic E-state index is 13.5. The van der Waals surface area contributed by atoms with E-state index < -0.39 is 17.6 Å². The highest BCUT2D eigenvalue weighted by Crippen LogP contribution is 2.36. The molecule has 9 heteroatoms. The van der Waals surface area contributed by atoms with Crippen molar-refractivity contribution in [1.82, 2.24) is 14.9 Å². The van der Waals surface area contributed by atoms with Gasteiger partial charge in [0.1, 0.15) is 5.15 Å². The van der Waals surface area contributed by atoms with Gasteiger partial charge in [0.25, 0.3) is 5.91 Å². The second-order valence-corrected chi connectivity index (χ2v) is 9.07. The van der Waals surface area contributed by atoms with Crippen molar-refractivity contribution in [3.8, 4) is 0 Å². The smallest absolute Gasteiger partial charge is 0.371 e. The van der Waals surface area contributed by atoms with Gasteiger partial charge in [-0.3, -0.25) is 4.79 Å².